The summed E-state index contributed by atoms with van der Waals surface area (Å²) in [4.78, 5) is 24.9. The largest absolute Gasteiger partial charge is 0.383 e. The van der Waals surface area contributed by atoms with Crippen molar-refractivity contribution in [3.05, 3.63) is 39.4 Å². The molecule has 126 valence electrons. The van der Waals surface area contributed by atoms with Gasteiger partial charge in [0.05, 0.1) is 11.5 Å². The van der Waals surface area contributed by atoms with Gasteiger partial charge in [0.1, 0.15) is 0 Å². The Morgan fingerprint density at radius 1 is 1.52 bits per heavy atom. The van der Waals surface area contributed by atoms with Crippen LogP contribution < -0.4 is 5.32 Å². The lowest BCUT2D eigenvalue weighted by Crippen LogP contribution is -2.31. The number of benzene rings is 1. The number of hydrogen-bond donors (Lipinski definition) is 1. The Morgan fingerprint density at radius 3 is 2.96 bits per heavy atom. The first-order valence-electron chi connectivity index (χ1n) is 7.75. The first kappa shape index (κ1) is 17.4. The van der Waals surface area contributed by atoms with Crippen molar-refractivity contribution in [1.82, 2.24) is 10.2 Å². The van der Waals surface area contributed by atoms with E-state index in [4.69, 9.17) is 4.74 Å². The molecule has 1 atom stereocenters. The number of carbonyl (C=O) groups is 1. The van der Waals surface area contributed by atoms with Crippen molar-refractivity contribution in [3.8, 4) is 0 Å². The van der Waals surface area contributed by atoms with Gasteiger partial charge in [0.25, 0.3) is 11.6 Å². The highest BCUT2D eigenvalue weighted by molar-refractivity contribution is 5.94. The minimum Gasteiger partial charge on any atom is -0.383 e. The first-order valence-corrected chi connectivity index (χ1v) is 7.75. The van der Waals surface area contributed by atoms with E-state index in [1.54, 1.807) is 20.1 Å². The predicted octanol–water partition coefficient (Wildman–Crippen LogP) is 1.60. The van der Waals surface area contributed by atoms with E-state index in [-0.39, 0.29) is 11.6 Å². The third kappa shape index (κ3) is 4.74. The van der Waals surface area contributed by atoms with Crippen molar-refractivity contribution in [2.24, 2.45) is 5.92 Å². The standard InChI is InChI=1S/C16H23N3O4/c1-12-9-14(3-4-15(12)19(21)22)16(20)17-10-13-5-6-18(11-13)7-8-23-2/h3-4,9,13H,5-8,10-11H2,1-2H3,(H,17,20). The van der Waals surface area contributed by atoms with E-state index in [9.17, 15) is 14.9 Å². The lowest BCUT2D eigenvalue weighted by molar-refractivity contribution is -0.385. The highest BCUT2D eigenvalue weighted by Crippen LogP contribution is 2.19. The highest BCUT2D eigenvalue weighted by atomic mass is 16.6. The third-order valence-corrected chi connectivity index (χ3v) is 4.19. The summed E-state index contributed by atoms with van der Waals surface area (Å²) < 4.78 is 5.07. The summed E-state index contributed by atoms with van der Waals surface area (Å²) >= 11 is 0. The molecule has 1 aromatic rings. The van der Waals surface area contributed by atoms with Crippen LogP contribution in [0.2, 0.25) is 0 Å². The van der Waals surface area contributed by atoms with Crippen LogP contribution in [0.4, 0.5) is 5.69 Å². The number of aryl methyl sites for hydroxylation is 1. The van der Waals surface area contributed by atoms with Crippen LogP contribution in [0.15, 0.2) is 18.2 Å². The van der Waals surface area contributed by atoms with Gasteiger partial charge in [-0.3, -0.25) is 14.9 Å². The Morgan fingerprint density at radius 2 is 2.30 bits per heavy atom. The second-order valence-corrected chi connectivity index (χ2v) is 5.92. The monoisotopic (exact) mass is 321 g/mol. The molecule has 2 rings (SSSR count). The van der Waals surface area contributed by atoms with Crippen molar-refractivity contribution in [2.75, 3.05) is 39.9 Å². The molecule has 0 aliphatic carbocycles. The number of likely N-dealkylation sites (tertiary alicyclic amines) is 1. The minimum absolute atomic E-state index is 0.0335. The topological polar surface area (TPSA) is 84.7 Å². The predicted molar refractivity (Wildman–Crippen MR) is 86.6 cm³/mol. The molecule has 1 aliphatic heterocycles. The van der Waals surface area contributed by atoms with E-state index in [0.717, 1.165) is 32.7 Å². The Bertz CT molecular complexity index is 576. The van der Waals surface area contributed by atoms with E-state index in [1.807, 2.05) is 0 Å². The smallest absolute Gasteiger partial charge is 0.272 e. The van der Waals surface area contributed by atoms with E-state index >= 15 is 0 Å². The van der Waals surface area contributed by atoms with Gasteiger partial charge in [-0.05, 0) is 37.9 Å². The molecule has 1 aliphatic rings. The molecule has 0 radical (unpaired) electrons. The number of carbonyl (C=O) groups excluding carboxylic acids is 1. The van der Waals surface area contributed by atoms with Crippen molar-refractivity contribution < 1.29 is 14.5 Å². The number of methoxy groups -OCH3 is 1. The molecular weight excluding hydrogens is 298 g/mol. The first-order chi connectivity index (χ1) is 11.0. The van der Waals surface area contributed by atoms with Crippen LogP contribution >= 0.6 is 0 Å². The summed E-state index contributed by atoms with van der Waals surface area (Å²) in [7, 11) is 1.69. The van der Waals surface area contributed by atoms with E-state index < -0.39 is 4.92 Å². The fourth-order valence-corrected chi connectivity index (χ4v) is 2.84. The molecule has 7 heteroatoms. The molecule has 1 heterocycles. The minimum atomic E-state index is -0.440. The highest BCUT2D eigenvalue weighted by Gasteiger charge is 2.22. The van der Waals surface area contributed by atoms with Gasteiger partial charge in [0.2, 0.25) is 0 Å². The fraction of sp³-hybridized carbons (Fsp3) is 0.562. The quantitative estimate of drug-likeness (QED) is 0.609. The maximum absolute atomic E-state index is 12.2. The number of ether oxygens (including phenoxy) is 1. The third-order valence-electron chi connectivity index (χ3n) is 4.19. The lowest BCUT2D eigenvalue weighted by Gasteiger charge is -2.15. The number of nitro benzene ring substituents is 1. The summed E-state index contributed by atoms with van der Waals surface area (Å²) in [5.74, 6) is 0.258. The normalized spacial score (nSPS) is 18.1. The average molecular weight is 321 g/mol. The number of nitrogens with one attached hydrogen (secondary N) is 1. The molecule has 0 aromatic heterocycles. The zero-order chi connectivity index (χ0) is 16.8. The molecule has 1 unspecified atom stereocenters. The zero-order valence-electron chi connectivity index (χ0n) is 13.6. The molecular formula is C16H23N3O4. The van der Waals surface area contributed by atoms with Crippen molar-refractivity contribution >= 4 is 11.6 Å². The molecule has 1 amide bonds. The van der Waals surface area contributed by atoms with Crippen LogP contribution in [0.25, 0.3) is 0 Å². The molecule has 1 N–H and O–H groups in total. The van der Waals surface area contributed by atoms with Gasteiger partial charge in [-0.2, -0.15) is 0 Å². The Balaban J connectivity index is 1.83. The molecule has 1 saturated heterocycles. The summed E-state index contributed by atoms with van der Waals surface area (Å²) in [6, 6.07) is 4.44. The summed E-state index contributed by atoms with van der Waals surface area (Å²) in [5.41, 5.74) is 0.989. The van der Waals surface area contributed by atoms with Gasteiger partial charge >= 0.3 is 0 Å². The zero-order valence-corrected chi connectivity index (χ0v) is 13.6. The van der Waals surface area contributed by atoms with Crippen LogP contribution in [0.1, 0.15) is 22.3 Å². The Labute approximate surface area is 135 Å². The van der Waals surface area contributed by atoms with Gasteiger partial charge in [0, 0.05) is 43.9 Å². The number of rotatable bonds is 7. The number of nitro groups is 1. The molecule has 0 spiro atoms. The number of amides is 1. The lowest BCUT2D eigenvalue weighted by atomic mass is 10.1. The number of hydrogen-bond acceptors (Lipinski definition) is 5. The summed E-state index contributed by atoms with van der Waals surface area (Å²) in [6.45, 7) is 5.89. The van der Waals surface area contributed by atoms with Crippen molar-refractivity contribution in [2.45, 2.75) is 13.3 Å². The molecule has 0 bridgehead atoms. The SMILES string of the molecule is COCCN1CCC(CNC(=O)c2ccc([N+](=O)[O-])c(C)c2)C1. The van der Waals surface area contributed by atoms with Gasteiger partial charge in [-0.15, -0.1) is 0 Å². The van der Waals surface area contributed by atoms with Crippen LogP contribution in [0.5, 0.6) is 0 Å². The van der Waals surface area contributed by atoms with Gasteiger partial charge in [-0.25, -0.2) is 0 Å². The second-order valence-electron chi connectivity index (χ2n) is 5.92. The second kappa shape index (κ2) is 8.03. The van der Waals surface area contributed by atoms with E-state index in [2.05, 4.69) is 10.2 Å². The van der Waals surface area contributed by atoms with Crippen LogP contribution in [0.3, 0.4) is 0 Å². The molecule has 23 heavy (non-hydrogen) atoms. The molecule has 1 fully saturated rings. The molecule has 0 saturated carbocycles. The van der Waals surface area contributed by atoms with E-state index in [0.29, 0.717) is 23.6 Å². The Kier molecular flexibility index (Phi) is 6.06. The fourth-order valence-electron chi connectivity index (χ4n) is 2.84. The molecule has 7 nitrogen and oxygen atoms in total. The van der Waals surface area contributed by atoms with Gasteiger partial charge in [-0.1, -0.05) is 0 Å². The summed E-state index contributed by atoms with van der Waals surface area (Å²) in [5, 5.41) is 13.7. The number of nitrogens with zero attached hydrogens (tertiary/aromatic N) is 2. The summed E-state index contributed by atoms with van der Waals surface area (Å²) in [6.07, 6.45) is 1.06. The van der Waals surface area contributed by atoms with Crippen LogP contribution in [-0.2, 0) is 4.74 Å². The van der Waals surface area contributed by atoms with Gasteiger partial charge in [0.15, 0.2) is 0 Å². The van der Waals surface area contributed by atoms with Gasteiger partial charge < -0.3 is 15.0 Å². The van der Waals surface area contributed by atoms with Crippen molar-refractivity contribution in [3.63, 3.8) is 0 Å². The van der Waals surface area contributed by atoms with Crippen LogP contribution in [0, 0.1) is 23.0 Å². The maximum atomic E-state index is 12.2. The maximum Gasteiger partial charge on any atom is 0.272 e. The Hall–Kier alpha value is -1.99. The average Bonchev–Trinajstić information content (AvgIpc) is 2.98. The molecule has 1 aromatic carbocycles. The van der Waals surface area contributed by atoms with E-state index in [1.165, 1.54) is 12.1 Å². The van der Waals surface area contributed by atoms with Crippen molar-refractivity contribution in [1.29, 1.82) is 0 Å². The van der Waals surface area contributed by atoms with Crippen LogP contribution in [-0.4, -0.2) is 55.6 Å².